The third-order valence-corrected chi connectivity index (χ3v) is 4.53. The summed E-state index contributed by atoms with van der Waals surface area (Å²) in [4.78, 5) is 0. The highest BCUT2D eigenvalue weighted by Gasteiger charge is 2.35. The van der Waals surface area contributed by atoms with Gasteiger partial charge in [0.2, 0.25) is 0 Å². The molecule has 0 heterocycles. The van der Waals surface area contributed by atoms with E-state index in [1.807, 2.05) is 37.3 Å². The Morgan fingerprint density at radius 1 is 1.28 bits per heavy atom. The molecule has 0 amide bonds. The number of nitrogens with one attached hydrogen (secondary N) is 1. The Balaban J connectivity index is 1.86. The summed E-state index contributed by atoms with van der Waals surface area (Å²) in [6.07, 6.45) is 5.28. The van der Waals surface area contributed by atoms with Gasteiger partial charge in [0, 0.05) is 13.1 Å². The number of rotatable bonds is 6. The van der Waals surface area contributed by atoms with Crippen molar-refractivity contribution in [3.05, 3.63) is 35.9 Å². The first kappa shape index (κ1) is 13.6. The van der Waals surface area contributed by atoms with Crippen LogP contribution in [0.1, 0.15) is 45.1 Å². The number of hydrogen-bond acceptors (Lipinski definition) is 2. The molecule has 0 spiro atoms. The molecule has 1 fully saturated rings. The molecular formula is C16H25NO. The largest absolute Gasteiger partial charge is 0.384 e. The summed E-state index contributed by atoms with van der Waals surface area (Å²) in [6.45, 7) is 5.82. The predicted molar refractivity (Wildman–Crippen MR) is 75.5 cm³/mol. The Morgan fingerprint density at radius 2 is 1.94 bits per heavy atom. The van der Waals surface area contributed by atoms with Gasteiger partial charge in [-0.05, 0) is 37.2 Å². The fraction of sp³-hybridized carbons (Fsp3) is 0.625. The van der Waals surface area contributed by atoms with Crippen LogP contribution in [0.3, 0.4) is 0 Å². The molecule has 100 valence electrons. The molecule has 1 unspecified atom stereocenters. The minimum Gasteiger partial charge on any atom is -0.384 e. The summed E-state index contributed by atoms with van der Waals surface area (Å²) >= 11 is 0. The van der Waals surface area contributed by atoms with Crippen molar-refractivity contribution < 1.29 is 5.11 Å². The predicted octanol–water partition coefficient (Wildman–Crippen LogP) is 3.06. The zero-order chi connectivity index (χ0) is 13.1. The Labute approximate surface area is 110 Å². The van der Waals surface area contributed by atoms with Crippen LogP contribution in [0.2, 0.25) is 0 Å². The fourth-order valence-corrected chi connectivity index (χ4v) is 2.80. The summed E-state index contributed by atoms with van der Waals surface area (Å²) < 4.78 is 0. The first-order chi connectivity index (χ1) is 8.58. The van der Waals surface area contributed by atoms with Crippen LogP contribution in [0.25, 0.3) is 0 Å². The van der Waals surface area contributed by atoms with Gasteiger partial charge in [0.25, 0.3) is 0 Å². The van der Waals surface area contributed by atoms with Gasteiger partial charge >= 0.3 is 0 Å². The molecule has 1 aromatic carbocycles. The molecule has 0 aliphatic heterocycles. The number of benzene rings is 1. The second-order valence-electron chi connectivity index (χ2n) is 5.95. The highest BCUT2D eigenvalue weighted by molar-refractivity contribution is 5.21. The highest BCUT2D eigenvalue weighted by atomic mass is 16.3. The summed E-state index contributed by atoms with van der Waals surface area (Å²) in [7, 11) is 0. The molecule has 2 nitrogen and oxygen atoms in total. The third-order valence-electron chi connectivity index (χ3n) is 4.53. The smallest absolute Gasteiger partial charge is 0.0992 e. The fourth-order valence-electron chi connectivity index (χ4n) is 2.80. The molecule has 0 bridgehead atoms. The molecule has 2 N–H and O–H groups in total. The summed E-state index contributed by atoms with van der Waals surface area (Å²) in [5, 5.41) is 14.0. The van der Waals surface area contributed by atoms with Crippen molar-refractivity contribution in [2.75, 3.05) is 13.1 Å². The van der Waals surface area contributed by atoms with Gasteiger partial charge in [-0.1, -0.05) is 43.7 Å². The van der Waals surface area contributed by atoms with Crippen LogP contribution in [-0.2, 0) is 5.60 Å². The van der Waals surface area contributed by atoms with Crippen LogP contribution in [-0.4, -0.2) is 18.2 Å². The standard InChI is InChI=1S/C16H25NO/c1-3-16(10-7-11-16)13-17-12-15(2,18)14-8-5-4-6-9-14/h4-6,8-9,17-18H,3,7,10-13H2,1-2H3. The van der Waals surface area contributed by atoms with Crippen molar-refractivity contribution in [2.24, 2.45) is 5.41 Å². The Bertz CT molecular complexity index is 362. The van der Waals surface area contributed by atoms with E-state index in [9.17, 15) is 5.11 Å². The van der Waals surface area contributed by atoms with Crippen molar-refractivity contribution in [2.45, 2.75) is 45.1 Å². The van der Waals surface area contributed by atoms with E-state index in [4.69, 9.17) is 0 Å². The van der Waals surface area contributed by atoms with Crippen molar-refractivity contribution in [1.29, 1.82) is 0 Å². The highest BCUT2D eigenvalue weighted by Crippen LogP contribution is 2.43. The molecule has 2 rings (SSSR count). The SMILES string of the molecule is CCC1(CNCC(C)(O)c2ccccc2)CCC1. The number of hydrogen-bond donors (Lipinski definition) is 2. The Hall–Kier alpha value is -0.860. The van der Waals surface area contributed by atoms with E-state index in [0.29, 0.717) is 12.0 Å². The molecule has 1 saturated carbocycles. The maximum atomic E-state index is 10.5. The summed E-state index contributed by atoms with van der Waals surface area (Å²) in [6, 6.07) is 9.90. The van der Waals surface area contributed by atoms with E-state index in [-0.39, 0.29) is 0 Å². The zero-order valence-electron chi connectivity index (χ0n) is 11.6. The van der Waals surface area contributed by atoms with Gasteiger partial charge in [-0.3, -0.25) is 0 Å². The topological polar surface area (TPSA) is 32.3 Å². The van der Waals surface area contributed by atoms with E-state index in [2.05, 4.69) is 12.2 Å². The molecule has 1 aliphatic carbocycles. The molecule has 0 saturated heterocycles. The third kappa shape index (κ3) is 2.93. The monoisotopic (exact) mass is 247 g/mol. The summed E-state index contributed by atoms with van der Waals surface area (Å²) in [5.41, 5.74) is 0.712. The molecule has 0 radical (unpaired) electrons. The lowest BCUT2D eigenvalue weighted by Gasteiger charge is -2.42. The molecular weight excluding hydrogens is 222 g/mol. The van der Waals surface area contributed by atoms with Gasteiger partial charge in [-0.2, -0.15) is 0 Å². The lowest BCUT2D eigenvalue weighted by Crippen LogP contribution is -2.44. The lowest BCUT2D eigenvalue weighted by atomic mass is 9.67. The van der Waals surface area contributed by atoms with Gasteiger partial charge in [0.15, 0.2) is 0 Å². The average Bonchev–Trinajstić information content (AvgIpc) is 2.34. The minimum absolute atomic E-state index is 0.507. The first-order valence-electron chi connectivity index (χ1n) is 7.07. The maximum absolute atomic E-state index is 10.5. The van der Waals surface area contributed by atoms with Crippen LogP contribution < -0.4 is 5.32 Å². The molecule has 18 heavy (non-hydrogen) atoms. The Morgan fingerprint density at radius 3 is 2.44 bits per heavy atom. The van der Waals surface area contributed by atoms with Gasteiger partial charge in [-0.15, -0.1) is 0 Å². The molecule has 1 aromatic rings. The average molecular weight is 247 g/mol. The quantitative estimate of drug-likeness (QED) is 0.809. The molecule has 1 aliphatic rings. The van der Waals surface area contributed by atoms with Crippen molar-refractivity contribution >= 4 is 0 Å². The van der Waals surface area contributed by atoms with Crippen LogP contribution in [0.15, 0.2) is 30.3 Å². The van der Waals surface area contributed by atoms with E-state index < -0.39 is 5.60 Å². The molecule has 2 heteroatoms. The van der Waals surface area contributed by atoms with E-state index in [1.165, 1.54) is 25.7 Å². The van der Waals surface area contributed by atoms with Gasteiger partial charge < -0.3 is 10.4 Å². The van der Waals surface area contributed by atoms with Crippen molar-refractivity contribution in [3.8, 4) is 0 Å². The van der Waals surface area contributed by atoms with Gasteiger partial charge in [0.05, 0.1) is 5.60 Å². The maximum Gasteiger partial charge on any atom is 0.0992 e. The normalized spacial score (nSPS) is 21.1. The lowest BCUT2D eigenvalue weighted by molar-refractivity contribution is 0.0458. The van der Waals surface area contributed by atoms with E-state index >= 15 is 0 Å². The van der Waals surface area contributed by atoms with E-state index in [0.717, 1.165) is 12.1 Å². The van der Waals surface area contributed by atoms with Gasteiger partial charge in [0.1, 0.15) is 0 Å². The number of aliphatic hydroxyl groups is 1. The van der Waals surface area contributed by atoms with Crippen LogP contribution in [0.5, 0.6) is 0 Å². The second-order valence-corrected chi connectivity index (χ2v) is 5.95. The van der Waals surface area contributed by atoms with Gasteiger partial charge in [-0.25, -0.2) is 0 Å². The minimum atomic E-state index is -0.778. The van der Waals surface area contributed by atoms with Crippen molar-refractivity contribution in [3.63, 3.8) is 0 Å². The first-order valence-corrected chi connectivity index (χ1v) is 7.07. The summed E-state index contributed by atoms with van der Waals surface area (Å²) in [5.74, 6) is 0. The zero-order valence-corrected chi connectivity index (χ0v) is 11.6. The molecule has 1 atom stereocenters. The Kier molecular flexibility index (Phi) is 4.08. The van der Waals surface area contributed by atoms with Crippen LogP contribution in [0, 0.1) is 5.41 Å². The van der Waals surface area contributed by atoms with Crippen molar-refractivity contribution in [1.82, 2.24) is 5.32 Å². The second kappa shape index (κ2) is 5.41. The van der Waals surface area contributed by atoms with Crippen LogP contribution in [0.4, 0.5) is 0 Å². The molecule has 0 aromatic heterocycles. The van der Waals surface area contributed by atoms with Crippen LogP contribution >= 0.6 is 0 Å². The van der Waals surface area contributed by atoms with E-state index in [1.54, 1.807) is 0 Å².